The molecule has 0 aliphatic carbocycles. The van der Waals surface area contributed by atoms with Crippen molar-refractivity contribution in [1.29, 1.82) is 0 Å². The summed E-state index contributed by atoms with van der Waals surface area (Å²) >= 11 is 7.91. The van der Waals surface area contributed by atoms with E-state index in [1.165, 1.54) is 11.3 Å². The number of piperazine rings is 1. The maximum absolute atomic E-state index is 12.7. The van der Waals surface area contributed by atoms with Crippen molar-refractivity contribution in [3.8, 4) is 5.75 Å². The van der Waals surface area contributed by atoms with E-state index in [0.29, 0.717) is 9.90 Å². The molecule has 1 aliphatic heterocycles. The lowest BCUT2D eigenvalue weighted by Crippen LogP contribution is -2.48. The van der Waals surface area contributed by atoms with Gasteiger partial charge in [0.2, 0.25) is 0 Å². The second-order valence-corrected chi connectivity index (χ2v) is 6.76. The van der Waals surface area contributed by atoms with Crippen molar-refractivity contribution >= 4 is 38.9 Å². The molecule has 3 rings (SSSR count). The predicted molar refractivity (Wildman–Crippen MR) is 91.4 cm³/mol. The minimum atomic E-state index is 0.0425. The highest BCUT2D eigenvalue weighted by Gasteiger charge is 2.25. The van der Waals surface area contributed by atoms with E-state index in [0.717, 1.165) is 48.6 Å². The van der Waals surface area contributed by atoms with Crippen LogP contribution in [-0.2, 0) is 0 Å². The number of rotatable bonds is 3. The zero-order valence-corrected chi connectivity index (χ0v) is 14.3. The highest BCUT2D eigenvalue weighted by Crippen LogP contribution is 2.38. The number of ether oxygens (including phenoxy) is 1. The minimum absolute atomic E-state index is 0.0425. The lowest BCUT2D eigenvalue weighted by atomic mass is 10.2. The Hall–Kier alpha value is -1.30. The van der Waals surface area contributed by atoms with Crippen molar-refractivity contribution in [2.24, 2.45) is 0 Å². The van der Waals surface area contributed by atoms with E-state index in [1.807, 2.05) is 23.1 Å². The van der Waals surface area contributed by atoms with Gasteiger partial charge in [-0.15, -0.1) is 11.3 Å². The average molecular weight is 339 g/mol. The number of methoxy groups -OCH3 is 1. The average Bonchev–Trinajstić information content (AvgIpc) is 2.90. The number of benzene rings is 1. The lowest BCUT2D eigenvalue weighted by molar-refractivity contribution is 0.0648. The molecule has 0 spiro atoms. The van der Waals surface area contributed by atoms with E-state index >= 15 is 0 Å². The maximum Gasteiger partial charge on any atom is 0.265 e. The minimum Gasteiger partial charge on any atom is -0.497 e. The van der Waals surface area contributed by atoms with Gasteiger partial charge in [0.1, 0.15) is 10.6 Å². The van der Waals surface area contributed by atoms with Crippen LogP contribution in [0.25, 0.3) is 10.1 Å². The van der Waals surface area contributed by atoms with Crippen LogP contribution in [-0.4, -0.2) is 55.5 Å². The summed E-state index contributed by atoms with van der Waals surface area (Å²) in [7, 11) is 1.63. The van der Waals surface area contributed by atoms with Gasteiger partial charge in [-0.2, -0.15) is 0 Å². The van der Waals surface area contributed by atoms with Crippen LogP contribution in [0.4, 0.5) is 0 Å². The van der Waals surface area contributed by atoms with Crippen molar-refractivity contribution < 1.29 is 9.53 Å². The number of likely N-dealkylation sites (N-methyl/N-ethyl adjacent to an activating group) is 1. The molecule has 1 amide bonds. The molecular formula is C16H19ClN2O2S. The molecule has 0 unspecified atom stereocenters. The van der Waals surface area contributed by atoms with E-state index in [1.54, 1.807) is 7.11 Å². The SMILES string of the molecule is CCN1CCN(C(=O)c2sc3ccc(OC)cc3c2Cl)CC1. The molecule has 2 aromatic rings. The van der Waals surface area contributed by atoms with E-state index in [2.05, 4.69) is 11.8 Å². The van der Waals surface area contributed by atoms with Crippen LogP contribution >= 0.6 is 22.9 Å². The Morgan fingerprint density at radius 2 is 2.05 bits per heavy atom. The largest absolute Gasteiger partial charge is 0.497 e. The van der Waals surface area contributed by atoms with E-state index in [9.17, 15) is 4.79 Å². The molecule has 0 N–H and O–H groups in total. The third-order valence-corrected chi connectivity index (χ3v) is 5.80. The Morgan fingerprint density at radius 3 is 2.68 bits per heavy atom. The fourth-order valence-electron chi connectivity index (χ4n) is 2.72. The first-order chi connectivity index (χ1) is 10.6. The van der Waals surface area contributed by atoms with Gasteiger partial charge in [-0.25, -0.2) is 0 Å². The molecule has 1 saturated heterocycles. The Labute approximate surface area is 139 Å². The Balaban J connectivity index is 1.86. The normalized spacial score (nSPS) is 16.2. The van der Waals surface area contributed by atoms with Crippen molar-refractivity contribution in [2.75, 3.05) is 39.8 Å². The molecule has 2 heterocycles. The number of carbonyl (C=O) groups is 1. The van der Waals surface area contributed by atoms with Gasteiger partial charge in [0.25, 0.3) is 5.91 Å². The summed E-state index contributed by atoms with van der Waals surface area (Å²) in [6, 6.07) is 5.74. The van der Waals surface area contributed by atoms with Gasteiger partial charge in [0.15, 0.2) is 0 Å². The molecule has 4 nitrogen and oxygen atoms in total. The van der Waals surface area contributed by atoms with Gasteiger partial charge < -0.3 is 14.5 Å². The first-order valence-electron chi connectivity index (χ1n) is 7.41. The monoisotopic (exact) mass is 338 g/mol. The van der Waals surface area contributed by atoms with Crippen LogP contribution in [0, 0.1) is 0 Å². The number of halogens is 1. The second-order valence-electron chi connectivity index (χ2n) is 5.33. The summed E-state index contributed by atoms with van der Waals surface area (Å²) in [5.74, 6) is 0.795. The molecule has 0 bridgehead atoms. The Morgan fingerprint density at radius 1 is 1.32 bits per heavy atom. The maximum atomic E-state index is 12.7. The fourth-order valence-corrected chi connectivity index (χ4v) is 4.17. The van der Waals surface area contributed by atoms with Gasteiger partial charge >= 0.3 is 0 Å². The number of nitrogens with zero attached hydrogens (tertiary/aromatic N) is 2. The third kappa shape index (κ3) is 2.81. The quantitative estimate of drug-likeness (QED) is 0.860. The molecule has 22 heavy (non-hydrogen) atoms. The zero-order valence-electron chi connectivity index (χ0n) is 12.8. The van der Waals surface area contributed by atoms with E-state index in [-0.39, 0.29) is 5.91 Å². The van der Waals surface area contributed by atoms with Crippen molar-refractivity contribution in [1.82, 2.24) is 9.80 Å². The molecule has 118 valence electrons. The second kappa shape index (κ2) is 6.44. The Bertz CT molecular complexity index is 693. The smallest absolute Gasteiger partial charge is 0.265 e. The fraction of sp³-hybridized carbons (Fsp3) is 0.438. The van der Waals surface area contributed by atoms with Crippen LogP contribution < -0.4 is 4.74 Å². The van der Waals surface area contributed by atoms with Gasteiger partial charge in [-0.05, 0) is 24.7 Å². The first-order valence-corrected chi connectivity index (χ1v) is 8.61. The number of hydrogen-bond acceptors (Lipinski definition) is 4. The standard InChI is InChI=1S/C16H19ClN2O2S/c1-3-18-6-8-19(9-7-18)16(20)15-14(17)12-10-11(21-2)4-5-13(12)22-15/h4-5,10H,3,6-9H2,1-2H3. The molecule has 0 radical (unpaired) electrons. The molecule has 0 saturated carbocycles. The van der Waals surface area contributed by atoms with Crippen LogP contribution in [0.15, 0.2) is 18.2 Å². The van der Waals surface area contributed by atoms with Crippen molar-refractivity contribution in [3.63, 3.8) is 0 Å². The van der Waals surface area contributed by atoms with Crippen molar-refractivity contribution in [3.05, 3.63) is 28.1 Å². The molecule has 1 aromatic carbocycles. The summed E-state index contributed by atoms with van der Waals surface area (Å²) in [6.45, 7) is 6.57. The van der Waals surface area contributed by atoms with Gasteiger partial charge in [0.05, 0.1) is 12.1 Å². The first kappa shape index (κ1) is 15.6. The summed E-state index contributed by atoms with van der Waals surface area (Å²) < 4.78 is 6.25. The molecule has 1 aliphatic rings. The third-order valence-electron chi connectivity index (χ3n) is 4.14. The number of fused-ring (bicyclic) bond motifs is 1. The summed E-state index contributed by atoms with van der Waals surface area (Å²) in [5, 5.41) is 1.43. The Kier molecular flexibility index (Phi) is 4.57. The summed E-state index contributed by atoms with van der Waals surface area (Å²) in [6.07, 6.45) is 0. The van der Waals surface area contributed by atoms with Gasteiger partial charge in [-0.3, -0.25) is 4.79 Å². The lowest BCUT2D eigenvalue weighted by Gasteiger charge is -2.33. The number of hydrogen-bond donors (Lipinski definition) is 0. The van der Waals surface area contributed by atoms with Crippen LogP contribution in [0.5, 0.6) is 5.75 Å². The van der Waals surface area contributed by atoms with Gasteiger partial charge in [-0.1, -0.05) is 18.5 Å². The molecule has 6 heteroatoms. The molecule has 1 aromatic heterocycles. The highest BCUT2D eigenvalue weighted by atomic mass is 35.5. The topological polar surface area (TPSA) is 32.8 Å². The number of amides is 1. The van der Waals surface area contributed by atoms with E-state index < -0.39 is 0 Å². The molecule has 1 fully saturated rings. The van der Waals surface area contributed by atoms with Gasteiger partial charge in [0, 0.05) is 36.3 Å². The van der Waals surface area contributed by atoms with Crippen LogP contribution in [0.1, 0.15) is 16.6 Å². The number of carbonyl (C=O) groups excluding carboxylic acids is 1. The van der Waals surface area contributed by atoms with Crippen LogP contribution in [0.2, 0.25) is 5.02 Å². The number of thiophene rings is 1. The van der Waals surface area contributed by atoms with E-state index in [4.69, 9.17) is 16.3 Å². The summed E-state index contributed by atoms with van der Waals surface area (Å²) in [5.41, 5.74) is 0. The van der Waals surface area contributed by atoms with Crippen molar-refractivity contribution in [2.45, 2.75) is 6.92 Å². The highest BCUT2D eigenvalue weighted by molar-refractivity contribution is 7.21. The summed E-state index contributed by atoms with van der Waals surface area (Å²) in [4.78, 5) is 17.6. The molecular weight excluding hydrogens is 320 g/mol. The predicted octanol–water partition coefficient (Wildman–Crippen LogP) is 3.34. The molecule has 0 atom stereocenters. The zero-order chi connectivity index (χ0) is 15.7. The van der Waals surface area contributed by atoms with Crippen LogP contribution in [0.3, 0.4) is 0 Å².